The van der Waals surface area contributed by atoms with Crippen molar-refractivity contribution in [2.45, 2.75) is 53.0 Å². The molecular formula is C13H22BrN3. The van der Waals surface area contributed by atoms with Gasteiger partial charge in [-0.2, -0.15) is 0 Å². The minimum Gasteiger partial charge on any atom is -0.367 e. The highest BCUT2D eigenvalue weighted by atomic mass is 79.9. The maximum absolute atomic E-state index is 4.53. The molecule has 1 heterocycles. The van der Waals surface area contributed by atoms with Crippen LogP contribution in [0, 0.1) is 5.92 Å². The summed E-state index contributed by atoms with van der Waals surface area (Å²) in [6.45, 7) is 8.80. The van der Waals surface area contributed by atoms with Gasteiger partial charge in [-0.05, 0) is 35.2 Å². The molecular weight excluding hydrogens is 278 g/mol. The van der Waals surface area contributed by atoms with E-state index in [1.165, 1.54) is 6.42 Å². The first kappa shape index (κ1) is 14.4. The number of rotatable bonds is 6. The summed E-state index contributed by atoms with van der Waals surface area (Å²) in [5.74, 6) is 2.46. The number of nitrogens with one attached hydrogen (secondary N) is 1. The second-order valence-electron chi connectivity index (χ2n) is 4.56. The number of aryl methyl sites for hydroxylation is 1. The Labute approximate surface area is 113 Å². The standard InChI is InChI=1S/C13H22BrN3/c1-5-7-12-16-11(14)8-13(17-12)15-10(4)9(3)6-2/h8-10H,5-7H2,1-4H3,(H,15,16,17). The lowest BCUT2D eigenvalue weighted by Crippen LogP contribution is -2.24. The Morgan fingerprint density at radius 2 is 2.00 bits per heavy atom. The van der Waals surface area contributed by atoms with Gasteiger partial charge in [-0.25, -0.2) is 9.97 Å². The van der Waals surface area contributed by atoms with Crippen molar-refractivity contribution in [1.29, 1.82) is 0 Å². The van der Waals surface area contributed by atoms with E-state index in [1.54, 1.807) is 0 Å². The number of nitrogens with zero attached hydrogens (tertiary/aromatic N) is 2. The summed E-state index contributed by atoms with van der Waals surface area (Å²) < 4.78 is 0.856. The van der Waals surface area contributed by atoms with E-state index in [9.17, 15) is 0 Å². The van der Waals surface area contributed by atoms with Gasteiger partial charge in [-0.15, -0.1) is 0 Å². The molecule has 4 heteroatoms. The molecule has 1 aromatic heterocycles. The molecule has 0 aliphatic heterocycles. The van der Waals surface area contributed by atoms with Gasteiger partial charge < -0.3 is 5.32 Å². The molecule has 0 bridgehead atoms. The van der Waals surface area contributed by atoms with Crippen LogP contribution in [0.1, 0.15) is 46.4 Å². The molecule has 0 radical (unpaired) electrons. The molecule has 0 spiro atoms. The second-order valence-corrected chi connectivity index (χ2v) is 5.37. The summed E-state index contributed by atoms with van der Waals surface area (Å²) in [5, 5.41) is 3.45. The van der Waals surface area contributed by atoms with E-state index in [1.807, 2.05) is 6.07 Å². The average molecular weight is 300 g/mol. The van der Waals surface area contributed by atoms with Crippen LogP contribution in [0.3, 0.4) is 0 Å². The van der Waals surface area contributed by atoms with Crippen molar-refractivity contribution in [3.8, 4) is 0 Å². The highest BCUT2D eigenvalue weighted by Crippen LogP contribution is 2.17. The lowest BCUT2D eigenvalue weighted by atomic mass is 10.0. The van der Waals surface area contributed by atoms with Crippen LogP contribution in [0.2, 0.25) is 0 Å². The fourth-order valence-electron chi connectivity index (χ4n) is 1.60. The molecule has 0 saturated heterocycles. The molecule has 0 aliphatic carbocycles. The van der Waals surface area contributed by atoms with E-state index in [-0.39, 0.29) is 0 Å². The Morgan fingerprint density at radius 1 is 1.29 bits per heavy atom. The monoisotopic (exact) mass is 299 g/mol. The second kappa shape index (κ2) is 6.94. The number of halogens is 1. The van der Waals surface area contributed by atoms with Gasteiger partial charge in [0.1, 0.15) is 16.2 Å². The Kier molecular flexibility index (Phi) is 5.89. The SMILES string of the molecule is CCCc1nc(Br)cc(NC(C)C(C)CC)n1. The Balaban J connectivity index is 2.76. The summed E-state index contributed by atoms with van der Waals surface area (Å²) in [6.07, 6.45) is 3.16. The van der Waals surface area contributed by atoms with Crippen LogP contribution in [0.15, 0.2) is 10.7 Å². The van der Waals surface area contributed by atoms with E-state index in [0.29, 0.717) is 12.0 Å². The highest BCUT2D eigenvalue weighted by molar-refractivity contribution is 9.10. The predicted molar refractivity (Wildman–Crippen MR) is 76.3 cm³/mol. The molecule has 2 atom stereocenters. The smallest absolute Gasteiger partial charge is 0.132 e. The third kappa shape index (κ3) is 4.62. The van der Waals surface area contributed by atoms with Gasteiger partial charge in [-0.1, -0.05) is 27.2 Å². The topological polar surface area (TPSA) is 37.8 Å². The maximum Gasteiger partial charge on any atom is 0.132 e. The van der Waals surface area contributed by atoms with Crippen molar-refractivity contribution < 1.29 is 0 Å². The zero-order chi connectivity index (χ0) is 12.8. The van der Waals surface area contributed by atoms with Gasteiger partial charge >= 0.3 is 0 Å². The van der Waals surface area contributed by atoms with Crippen LogP contribution in [0.25, 0.3) is 0 Å². The van der Waals surface area contributed by atoms with Crippen molar-refractivity contribution in [1.82, 2.24) is 9.97 Å². The predicted octanol–water partition coefficient (Wildman–Crippen LogP) is 4.04. The van der Waals surface area contributed by atoms with Crippen LogP contribution in [0.4, 0.5) is 5.82 Å². The maximum atomic E-state index is 4.53. The van der Waals surface area contributed by atoms with E-state index >= 15 is 0 Å². The number of hydrogen-bond acceptors (Lipinski definition) is 3. The van der Waals surface area contributed by atoms with Crippen LogP contribution < -0.4 is 5.32 Å². The van der Waals surface area contributed by atoms with Crippen LogP contribution in [-0.4, -0.2) is 16.0 Å². The van der Waals surface area contributed by atoms with Gasteiger partial charge in [0.05, 0.1) is 0 Å². The fraction of sp³-hybridized carbons (Fsp3) is 0.692. The molecule has 3 nitrogen and oxygen atoms in total. The molecule has 0 aromatic carbocycles. The average Bonchev–Trinajstić information content (AvgIpc) is 2.27. The molecule has 0 amide bonds. The molecule has 0 fully saturated rings. The minimum atomic E-state index is 0.427. The van der Waals surface area contributed by atoms with Gasteiger partial charge in [0.25, 0.3) is 0 Å². The molecule has 1 N–H and O–H groups in total. The summed E-state index contributed by atoms with van der Waals surface area (Å²) in [5.41, 5.74) is 0. The Bertz CT molecular complexity index is 355. The quantitative estimate of drug-likeness (QED) is 0.806. The van der Waals surface area contributed by atoms with Gasteiger partial charge in [0.2, 0.25) is 0 Å². The zero-order valence-electron chi connectivity index (χ0n) is 11.1. The zero-order valence-corrected chi connectivity index (χ0v) is 12.7. The molecule has 1 rings (SSSR count). The van der Waals surface area contributed by atoms with Crippen molar-refractivity contribution >= 4 is 21.7 Å². The molecule has 0 aliphatic rings. The first-order valence-corrected chi connectivity index (χ1v) is 7.16. The normalized spacial score (nSPS) is 14.4. The summed E-state index contributed by atoms with van der Waals surface area (Å²) in [6, 6.07) is 2.37. The van der Waals surface area contributed by atoms with Crippen molar-refractivity contribution in [3.63, 3.8) is 0 Å². The Morgan fingerprint density at radius 3 is 2.59 bits per heavy atom. The third-order valence-electron chi connectivity index (χ3n) is 3.09. The van der Waals surface area contributed by atoms with Crippen LogP contribution in [0.5, 0.6) is 0 Å². The molecule has 0 saturated carbocycles. The summed E-state index contributed by atoms with van der Waals surface area (Å²) in [4.78, 5) is 8.89. The van der Waals surface area contributed by atoms with Crippen LogP contribution >= 0.6 is 15.9 Å². The first-order chi connectivity index (χ1) is 8.06. The molecule has 96 valence electrons. The van der Waals surface area contributed by atoms with Crippen molar-refractivity contribution in [2.75, 3.05) is 5.32 Å². The third-order valence-corrected chi connectivity index (χ3v) is 3.49. The van der Waals surface area contributed by atoms with E-state index in [4.69, 9.17) is 0 Å². The lowest BCUT2D eigenvalue weighted by molar-refractivity contribution is 0.493. The van der Waals surface area contributed by atoms with Crippen LogP contribution in [-0.2, 0) is 6.42 Å². The summed E-state index contributed by atoms with van der Waals surface area (Å²) >= 11 is 3.44. The van der Waals surface area contributed by atoms with Crippen molar-refractivity contribution in [2.24, 2.45) is 5.92 Å². The van der Waals surface area contributed by atoms with Gasteiger partial charge in [0, 0.05) is 18.5 Å². The first-order valence-electron chi connectivity index (χ1n) is 6.36. The largest absolute Gasteiger partial charge is 0.367 e. The van der Waals surface area contributed by atoms with E-state index < -0.39 is 0 Å². The fourth-order valence-corrected chi connectivity index (χ4v) is 2.02. The minimum absolute atomic E-state index is 0.427. The summed E-state index contributed by atoms with van der Waals surface area (Å²) in [7, 11) is 0. The van der Waals surface area contributed by atoms with Gasteiger partial charge in [-0.3, -0.25) is 0 Å². The number of hydrogen-bond donors (Lipinski definition) is 1. The van der Waals surface area contributed by atoms with E-state index in [2.05, 4.69) is 58.9 Å². The Hall–Kier alpha value is -0.640. The van der Waals surface area contributed by atoms with Crippen molar-refractivity contribution in [3.05, 3.63) is 16.5 Å². The number of aromatic nitrogens is 2. The number of anilines is 1. The highest BCUT2D eigenvalue weighted by Gasteiger charge is 2.11. The molecule has 1 aromatic rings. The molecule has 2 unspecified atom stereocenters. The lowest BCUT2D eigenvalue weighted by Gasteiger charge is -2.20. The van der Waals surface area contributed by atoms with Gasteiger partial charge in [0.15, 0.2) is 0 Å². The molecule has 17 heavy (non-hydrogen) atoms. The van der Waals surface area contributed by atoms with E-state index in [0.717, 1.165) is 29.1 Å².